The van der Waals surface area contributed by atoms with Crippen molar-refractivity contribution in [1.29, 1.82) is 0 Å². The summed E-state index contributed by atoms with van der Waals surface area (Å²) in [6.07, 6.45) is -0.392. The molecule has 3 unspecified atom stereocenters. The Morgan fingerprint density at radius 3 is 2.48 bits per heavy atom. The number of aromatic hydroxyl groups is 1. The van der Waals surface area contributed by atoms with Crippen molar-refractivity contribution in [3.63, 3.8) is 0 Å². The van der Waals surface area contributed by atoms with E-state index in [1.165, 1.54) is 12.1 Å². The molecule has 2 rings (SSSR count). The smallest absolute Gasteiger partial charge is 0.320 e. The molecule has 1 fully saturated rings. The van der Waals surface area contributed by atoms with Gasteiger partial charge in [-0.2, -0.15) is 0 Å². The van der Waals surface area contributed by atoms with Crippen molar-refractivity contribution < 1.29 is 19.4 Å². The van der Waals surface area contributed by atoms with Gasteiger partial charge in [0.2, 0.25) is 0 Å². The maximum Gasteiger partial charge on any atom is 0.320 e. The summed E-state index contributed by atoms with van der Waals surface area (Å²) in [5.74, 6) is 0.764. The van der Waals surface area contributed by atoms with Crippen molar-refractivity contribution in [2.24, 2.45) is 0 Å². The Morgan fingerprint density at radius 1 is 1.33 bits per heavy atom. The van der Waals surface area contributed by atoms with Gasteiger partial charge in [-0.15, -0.1) is 0 Å². The third kappa shape index (κ3) is 4.53. The quantitative estimate of drug-likeness (QED) is 0.836. The molecule has 1 saturated heterocycles. The number of ether oxygens (including phenoxy) is 2. The molecule has 3 atom stereocenters. The first kappa shape index (κ1) is 15.4. The number of nitrogens with zero attached hydrogens (tertiary/aromatic N) is 1. The fourth-order valence-corrected chi connectivity index (χ4v) is 2.37. The van der Waals surface area contributed by atoms with Crippen LogP contribution in [0.25, 0.3) is 0 Å². The summed E-state index contributed by atoms with van der Waals surface area (Å²) in [4.78, 5) is 13.9. The third-order valence-electron chi connectivity index (χ3n) is 3.18. The average Bonchev–Trinajstić information content (AvgIpc) is 2.40. The van der Waals surface area contributed by atoms with Gasteiger partial charge in [-0.1, -0.05) is 0 Å². The Hall–Kier alpha value is -1.95. The lowest BCUT2D eigenvalue weighted by molar-refractivity contribution is -0.0555. The number of urea groups is 1. The molecule has 116 valence electrons. The van der Waals surface area contributed by atoms with Crippen LogP contribution in [0.1, 0.15) is 20.8 Å². The van der Waals surface area contributed by atoms with Gasteiger partial charge in [0.15, 0.2) is 6.23 Å². The van der Waals surface area contributed by atoms with E-state index in [-0.39, 0.29) is 24.0 Å². The number of morpholine rings is 1. The molecule has 0 spiro atoms. The summed E-state index contributed by atoms with van der Waals surface area (Å²) in [7, 11) is 0. The lowest BCUT2D eigenvalue weighted by atomic mass is 10.2. The van der Waals surface area contributed by atoms with Gasteiger partial charge in [0, 0.05) is 13.1 Å². The summed E-state index contributed by atoms with van der Waals surface area (Å²) in [6.45, 7) is 6.81. The topological polar surface area (TPSA) is 71.0 Å². The molecule has 21 heavy (non-hydrogen) atoms. The second-order valence-electron chi connectivity index (χ2n) is 5.37. The molecular weight excluding hydrogens is 272 g/mol. The highest BCUT2D eigenvalue weighted by Crippen LogP contribution is 2.17. The van der Waals surface area contributed by atoms with Crippen LogP contribution < -0.4 is 10.1 Å². The van der Waals surface area contributed by atoms with Crippen LogP contribution in [0.3, 0.4) is 0 Å². The molecule has 1 aromatic carbocycles. The van der Waals surface area contributed by atoms with Gasteiger partial charge in [0.1, 0.15) is 11.5 Å². The van der Waals surface area contributed by atoms with Crippen LogP contribution in [0.4, 0.5) is 4.79 Å². The fraction of sp³-hybridized carbons (Fsp3) is 0.533. The van der Waals surface area contributed by atoms with E-state index in [0.29, 0.717) is 18.8 Å². The van der Waals surface area contributed by atoms with Crippen LogP contribution in [0.15, 0.2) is 24.3 Å². The Labute approximate surface area is 124 Å². The number of phenols is 1. The highest BCUT2D eigenvalue weighted by Gasteiger charge is 2.26. The van der Waals surface area contributed by atoms with E-state index in [4.69, 9.17) is 9.47 Å². The van der Waals surface area contributed by atoms with Crippen LogP contribution in [0.2, 0.25) is 0 Å². The largest absolute Gasteiger partial charge is 0.508 e. The predicted molar refractivity (Wildman–Crippen MR) is 78.3 cm³/mol. The van der Waals surface area contributed by atoms with Crippen molar-refractivity contribution >= 4 is 6.03 Å². The second kappa shape index (κ2) is 6.67. The zero-order valence-corrected chi connectivity index (χ0v) is 12.6. The lowest BCUT2D eigenvalue weighted by Gasteiger charge is -2.35. The van der Waals surface area contributed by atoms with E-state index in [0.717, 1.165) is 0 Å². The predicted octanol–water partition coefficient (Wildman–Crippen LogP) is 1.94. The number of phenolic OH excluding ortho intramolecular Hbond substituents is 1. The molecule has 0 bridgehead atoms. The van der Waals surface area contributed by atoms with Crippen molar-refractivity contribution in [2.45, 2.75) is 39.2 Å². The molecule has 6 heteroatoms. The number of carbonyl (C=O) groups excluding carboxylic acids is 1. The Bertz CT molecular complexity index is 467. The van der Waals surface area contributed by atoms with Crippen LogP contribution in [0.5, 0.6) is 11.5 Å². The van der Waals surface area contributed by atoms with Crippen molar-refractivity contribution in [3.05, 3.63) is 24.3 Å². The van der Waals surface area contributed by atoms with E-state index in [1.807, 2.05) is 13.8 Å². The molecule has 1 aliphatic rings. The number of hydrogen-bond donors (Lipinski definition) is 2. The van der Waals surface area contributed by atoms with Gasteiger partial charge in [0.25, 0.3) is 0 Å². The molecule has 0 aromatic heterocycles. The third-order valence-corrected chi connectivity index (χ3v) is 3.18. The van der Waals surface area contributed by atoms with Crippen LogP contribution in [-0.4, -0.2) is 47.6 Å². The first-order valence-electron chi connectivity index (χ1n) is 7.10. The first-order valence-corrected chi connectivity index (χ1v) is 7.10. The minimum absolute atomic E-state index is 0.0350. The molecule has 0 saturated carbocycles. The maximum atomic E-state index is 12.2. The number of nitrogens with one attached hydrogen (secondary N) is 1. The summed E-state index contributed by atoms with van der Waals surface area (Å²) in [5.41, 5.74) is 0. The first-order chi connectivity index (χ1) is 9.94. The number of rotatable bonds is 3. The Kier molecular flexibility index (Phi) is 4.90. The van der Waals surface area contributed by atoms with Crippen LogP contribution in [-0.2, 0) is 4.74 Å². The zero-order valence-electron chi connectivity index (χ0n) is 12.6. The summed E-state index contributed by atoms with van der Waals surface area (Å²) in [5, 5.41) is 12.0. The van der Waals surface area contributed by atoms with E-state index in [1.54, 1.807) is 24.0 Å². The molecular formula is C15H22N2O4. The summed E-state index contributed by atoms with van der Waals surface area (Å²) in [6, 6.07) is 6.21. The van der Waals surface area contributed by atoms with E-state index in [9.17, 15) is 9.90 Å². The fourth-order valence-electron chi connectivity index (χ4n) is 2.37. The zero-order chi connectivity index (χ0) is 15.4. The van der Waals surface area contributed by atoms with Gasteiger partial charge in [-0.05, 0) is 45.0 Å². The van der Waals surface area contributed by atoms with Gasteiger partial charge >= 0.3 is 6.03 Å². The Balaban J connectivity index is 1.85. The van der Waals surface area contributed by atoms with E-state index < -0.39 is 6.23 Å². The molecule has 1 heterocycles. The summed E-state index contributed by atoms with van der Waals surface area (Å²) >= 11 is 0. The van der Waals surface area contributed by atoms with E-state index >= 15 is 0 Å². The maximum absolute atomic E-state index is 12.2. The van der Waals surface area contributed by atoms with Crippen molar-refractivity contribution in [3.8, 4) is 11.5 Å². The van der Waals surface area contributed by atoms with Crippen LogP contribution in [0, 0.1) is 0 Å². The molecule has 0 radical (unpaired) electrons. The molecule has 1 aromatic rings. The Morgan fingerprint density at radius 2 is 1.90 bits per heavy atom. The standard InChI is InChI=1S/C15H22N2O4/c1-10-8-17(9-11(2)20-10)15(19)16-12(3)21-14-6-4-13(18)5-7-14/h4-7,10-12,18H,8-9H2,1-3H3,(H,16,19). The van der Waals surface area contributed by atoms with Crippen LogP contribution >= 0.6 is 0 Å². The van der Waals surface area contributed by atoms with Gasteiger partial charge in [-0.25, -0.2) is 4.79 Å². The number of carbonyl (C=O) groups is 1. The normalized spacial score (nSPS) is 23.5. The molecule has 6 nitrogen and oxygen atoms in total. The molecule has 2 N–H and O–H groups in total. The van der Waals surface area contributed by atoms with Gasteiger partial charge in [-0.3, -0.25) is 0 Å². The monoisotopic (exact) mass is 294 g/mol. The van der Waals surface area contributed by atoms with Gasteiger partial charge in [0.05, 0.1) is 12.2 Å². The number of hydrogen-bond acceptors (Lipinski definition) is 4. The summed E-state index contributed by atoms with van der Waals surface area (Å²) < 4.78 is 11.2. The van der Waals surface area contributed by atoms with Gasteiger partial charge < -0.3 is 24.8 Å². The number of benzene rings is 1. The minimum atomic E-state index is -0.463. The van der Waals surface area contributed by atoms with Crippen molar-refractivity contribution in [2.75, 3.05) is 13.1 Å². The minimum Gasteiger partial charge on any atom is -0.508 e. The highest BCUT2D eigenvalue weighted by atomic mass is 16.5. The highest BCUT2D eigenvalue weighted by molar-refractivity contribution is 5.74. The van der Waals surface area contributed by atoms with E-state index in [2.05, 4.69) is 5.32 Å². The molecule has 2 amide bonds. The average molecular weight is 294 g/mol. The molecule has 1 aliphatic heterocycles. The second-order valence-corrected chi connectivity index (χ2v) is 5.37. The lowest BCUT2D eigenvalue weighted by Crippen LogP contribution is -2.53. The van der Waals surface area contributed by atoms with Crippen molar-refractivity contribution in [1.82, 2.24) is 10.2 Å². The number of amides is 2. The molecule has 0 aliphatic carbocycles. The SMILES string of the molecule is CC1CN(C(=O)NC(C)Oc2ccc(O)cc2)CC(C)O1.